The van der Waals surface area contributed by atoms with Crippen molar-refractivity contribution in [2.24, 2.45) is 4.99 Å². The molecule has 0 aliphatic carbocycles. The Morgan fingerprint density at radius 2 is 1.78 bits per heavy atom. The molecular weight excluding hydrogens is 226 g/mol. The number of hydrogen-bond donors (Lipinski definition) is 1. The van der Waals surface area contributed by atoms with Gasteiger partial charge in [-0.05, 0) is 31.2 Å². The van der Waals surface area contributed by atoms with Gasteiger partial charge in [-0.25, -0.2) is 0 Å². The average Bonchev–Trinajstić information content (AvgIpc) is 2.38. The van der Waals surface area contributed by atoms with E-state index in [1.165, 1.54) is 6.92 Å². The van der Waals surface area contributed by atoms with Crippen LogP contribution in [0, 0.1) is 0 Å². The summed E-state index contributed by atoms with van der Waals surface area (Å²) in [7, 11) is 0. The monoisotopic (exact) mass is 239 g/mol. The second-order valence-electron chi connectivity index (χ2n) is 3.89. The van der Waals surface area contributed by atoms with Crippen LogP contribution < -0.4 is 0 Å². The predicted molar refractivity (Wildman–Crippen MR) is 71.8 cm³/mol. The number of aliphatic imine (C=N–C) groups is 1. The van der Waals surface area contributed by atoms with Crippen molar-refractivity contribution in [1.82, 2.24) is 0 Å². The summed E-state index contributed by atoms with van der Waals surface area (Å²) >= 11 is 0. The van der Waals surface area contributed by atoms with Gasteiger partial charge in [0.15, 0.2) is 5.78 Å². The van der Waals surface area contributed by atoms with E-state index in [-0.39, 0.29) is 11.5 Å². The maximum atomic E-state index is 11.4. The molecule has 0 aliphatic heterocycles. The van der Waals surface area contributed by atoms with E-state index in [0.29, 0.717) is 16.8 Å². The summed E-state index contributed by atoms with van der Waals surface area (Å²) in [5.41, 5.74) is 1.80. The third kappa shape index (κ3) is 2.63. The number of carbonyl (C=O) groups is 1. The van der Waals surface area contributed by atoms with Crippen molar-refractivity contribution in [2.75, 3.05) is 0 Å². The number of ketones is 1. The van der Waals surface area contributed by atoms with Crippen molar-refractivity contribution in [3.63, 3.8) is 0 Å². The van der Waals surface area contributed by atoms with Crippen LogP contribution in [0.15, 0.2) is 53.5 Å². The molecule has 0 bridgehead atoms. The summed E-state index contributed by atoms with van der Waals surface area (Å²) in [6.07, 6.45) is 1.55. The van der Waals surface area contributed by atoms with Crippen molar-refractivity contribution in [3.8, 4) is 5.75 Å². The number of para-hydroxylation sites is 2. The minimum atomic E-state index is -0.0277. The van der Waals surface area contributed by atoms with E-state index in [1.54, 1.807) is 42.6 Å². The molecule has 3 nitrogen and oxygen atoms in total. The largest absolute Gasteiger partial charge is 0.507 e. The summed E-state index contributed by atoms with van der Waals surface area (Å²) in [5.74, 6) is 0.140. The first-order chi connectivity index (χ1) is 8.68. The SMILES string of the molecule is CC(=O)c1ccccc1N=Cc1ccccc1O. The van der Waals surface area contributed by atoms with Crippen LogP contribution in [-0.4, -0.2) is 17.1 Å². The van der Waals surface area contributed by atoms with Gasteiger partial charge in [-0.2, -0.15) is 0 Å². The zero-order valence-corrected chi connectivity index (χ0v) is 10.00. The van der Waals surface area contributed by atoms with Gasteiger partial charge in [0.05, 0.1) is 5.69 Å². The molecule has 0 fully saturated rings. The standard InChI is InChI=1S/C15H13NO2/c1-11(17)13-7-3-4-8-14(13)16-10-12-6-2-5-9-15(12)18/h2-10,18H,1H3. The molecule has 0 unspecified atom stereocenters. The summed E-state index contributed by atoms with van der Waals surface area (Å²) in [4.78, 5) is 15.7. The molecule has 1 N–H and O–H groups in total. The second kappa shape index (κ2) is 5.27. The molecule has 0 spiro atoms. The normalized spacial score (nSPS) is 10.7. The number of hydrogen-bond acceptors (Lipinski definition) is 3. The maximum absolute atomic E-state index is 11.4. The van der Waals surface area contributed by atoms with E-state index in [9.17, 15) is 9.90 Å². The third-order valence-corrected chi connectivity index (χ3v) is 2.56. The molecule has 0 saturated carbocycles. The molecular formula is C15H13NO2. The molecule has 0 saturated heterocycles. The van der Waals surface area contributed by atoms with Gasteiger partial charge < -0.3 is 5.11 Å². The fraction of sp³-hybridized carbons (Fsp3) is 0.0667. The number of phenols is 1. The van der Waals surface area contributed by atoms with Crippen LogP contribution >= 0.6 is 0 Å². The quantitative estimate of drug-likeness (QED) is 0.659. The molecule has 90 valence electrons. The topological polar surface area (TPSA) is 49.7 Å². The van der Waals surface area contributed by atoms with Crippen LogP contribution in [0.25, 0.3) is 0 Å². The van der Waals surface area contributed by atoms with Crippen LogP contribution in [-0.2, 0) is 0 Å². The first kappa shape index (κ1) is 12.0. The molecule has 0 aromatic heterocycles. The number of benzene rings is 2. The van der Waals surface area contributed by atoms with E-state index in [0.717, 1.165) is 0 Å². The highest BCUT2D eigenvalue weighted by atomic mass is 16.3. The second-order valence-corrected chi connectivity index (χ2v) is 3.89. The van der Waals surface area contributed by atoms with Crippen LogP contribution in [0.1, 0.15) is 22.8 Å². The molecule has 2 aromatic rings. The minimum absolute atomic E-state index is 0.0277. The van der Waals surface area contributed by atoms with Crippen LogP contribution in [0.2, 0.25) is 0 Å². The Balaban J connectivity index is 2.35. The summed E-state index contributed by atoms with van der Waals surface area (Å²) in [6, 6.07) is 14.0. The molecule has 0 radical (unpaired) electrons. The van der Waals surface area contributed by atoms with Gasteiger partial charge in [-0.3, -0.25) is 9.79 Å². The van der Waals surface area contributed by atoms with Crippen LogP contribution in [0.3, 0.4) is 0 Å². The van der Waals surface area contributed by atoms with Crippen molar-refractivity contribution < 1.29 is 9.90 Å². The van der Waals surface area contributed by atoms with Gasteiger partial charge in [0.2, 0.25) is 0 Å². The van der Waals surface area contributed by atoms with Gasteiger partial charge in [-0.15, -0.1) is 0 Å². The molecule has 3 heteroatoms. The average molecular weight is 239 g/mol. The minimum Gasteiger partial charge on any atom is -0.507 e. The Bertz CT molecular complexity index is 603. The molecule has 0 heterocycles. The molecule has 0 aliphatic rings. The number of aromatic hydroxyl groups is 1. The maximum Gasteiger partial charge on any atom is 0.161 e. The predicted octanol–water partition coefficient (Wildman–Crippen LogP) is 3.35. The lowest BCUT2D eigenvalue weighted by Crippen LogP contribution is -1.92. The molecule has 0 atom stereocenters. The van der Waals surface area contributed by atoms with Gasteiger partial charge in [-0.1, -0.05) is 24.3 Å². The molecule has 0 amide bonds. The van der Waals surface area contributed by atoms with E-state index >= 15 is 0 Å². The Morgan fingerprint density at radius 3 is 2.50 bits per heavy atom. The lowest BCUT2D eigenvalue weighted by molar-refractivity contribution is 0.101. The van der Waals surface area contributed by atoms with Crippen LogP contribution in [0.5, 0.6) is 5.75 Å². The van der Waals surface area contributed by atoms with Gasteiger partial charge in [0.25, 0.3) is 0 Å². The zero-order chi connectivity index (χ0) is 13.0. The Labute approximate surface area is 105 Å². The first-order valence-electron chi connectivity index (χ1n) is 5.60. The molecule has 18 heavy (non-hydrogen) atoms. The highest BCUT2D eigenvalue weighted by Crippen LogP contribution is 2.20. The van der Waals surface area contributed by atoms with E-state index in [4.69, 9.17) is 0 Å². The molecule has 2 aromatic carbocycles. The van der Waals surface area contributed by atoms with Crippen molar-refractivity contribution in [2.45, 2.75) is 6.92 Å². The number of rotatable bonds is 3. The fourth-order valence-electron chi connectivity index (χ4n) is 1.62. The zero-order valence-electron chi connectivity index (χ0n) is 10.00. The van der Waals surface area contributed by atoms with Crippen molar-refractivity contribution >= 4 is 17.7 Å². The smallest absolute Gasteiger partial charge is 0.161 e. The Hall–Kier alpha value is -2.42. The number of carbonyl (C=O) groups excluding carboxylic acids is 1. The van der Waals surface area contributed by atoms with Gasteiger partial charge in [0, 0.05) is 17.3 Å². The highest BCUT2D eigenvalue weighted by molar-refractivity contribution is 6.00. The van der Waals surface area contributed by atoms with Crippen molar-refractivity contribution in [1.29, 1.82) is 0 Å². The molecule has 2 rings (SSSR count). The lowest BCUT2D eigenvalue weighted by Gasteiger charge is -2.01. The lowest BCUT2D eigenvalue weighted by atomic mass is 10.1. The summed E-state index contributed by atoms with van der Waals surface area (Å²) < 4.78 is 0. The third-order valence-electron chi connectivity index (χ3n) is 2.56. The number of phenolic OH excluding ortho intramolecular Hbond substituents is 1. The first-order valence-corrected chi connectivity index (χ1v) is 5.60. The van der Waals surface area contributed by atoms with Crippen molar-refractivity contribution in [3.05, 3.63) is 59.7 Å². The summed E-state index contributed by atoms with van der Waals surface area (Å²) in [5, 5.41) is 9.61. The van der Waals surface area contributed by atoms with E-state index in [2.05, 4.69) is 4.99 Å². The van der Waals surface area contributed by atoms with E-state index in [1.807, 2.05) is 12.1 Å². The Morgan fingerprint density at radius 1 is 1.11 bits per heavy atom. The fourth-order valence-corrected chi connectivity index (χ4v) is 1.62. The van der Waals surface area contributed by atoms with Crippen LogP contribution in [0.4, 0.5) is 5.69 Å². The highest BCUT2D eigenvalue weighted by Gasteiger charge is 2.04. The van der Waals surface area contributed by atoms with E-state index < -0.39 is 0 Å². The van der Waals surface area contributed by atoms with Gasteiger partial charge >= 0.3 is 0 Å². The van der Waals surface area contributed by atoms with Gasteiger partial charge in [0.1, 0.15) is 5.75 Å². The summed E-state index contributed by atoms with van der Waals surface area (Å²) in [6.45, 7) is 1.51. The Kier molecular flexibility index (Phi) is 3.53. The number of Topliss-reactive ketones (excluding diaryl/α,β-unsaturated/α-hetero) is 1. The number of nitrogens with zero attached hydrogens (tertiary/aromatic N) is 1.